The van der Waals surface area contributed by atoms with E-state index in [1.165, 1.54) is 19.3 Å². The molecule has 1 saturated carbocycles. The summed E-state index contributed by atoms with van der Waals surface area (Å²) in [7, 11) is 0. The van der Waals surface area contributed by atoms with E-state index < -0.39 is 0 Å². The Morgan fingerprint density at radius 1 is 1.19 bits per heavy atom. The summed E-state index contributed by atoms with van der Waals surface area (Å²) in [6.07, 6.45) is 7.50. The Morgan fingerprint density at radius 3 is 2.65 bits per heavy atom. The van der Waals surface area contributed by atoms with Gasteiger partial charge in [-0.25, -0.2) is 4.98 Å². The molecule has 0 spiro atoms. The molecule has 0 radical (unpaired) electrons. The molecule has 1 amide bonds. The van der Waals surface area contributed by atoms with Gasteiger partial charge in [0.15, 0.2) is 0 Å². The van der Waals surface area contributed by atoms with Crippen molar-refractivity contribution in [3.05, 3.63) is 52.7 Å². The lowest BCUT2D eigenvalue weighted by molar-refractivity contribution is 0.0926. The summed E-state index contributed by atoms with van der Waals surface area (Å²) in [5, 5.41) is 7.12. The van der Waals surface area contributed by atoms with Gasteiger partial charge in [0.25, 0.3) is 5.91 Å². The molecule has 0 atom stereocenters. The van der Waals surface area contributed by atoms with Crippen LogP contribution in [0.4, 0.5) is 11.5 Å². The van der Waals surface area contributed by atoms with Gasteiger partial charge in [-0.3, -0.25) is 4.79 Å². The molecule has 4 nitrogen and oxygen atoms in total. The maximum atomic E-state index is 12.8. The number of halogens is 1. The lowest BCUT2D eigenvalue weighted by Crippen LogP contribution is -2.36. The molecule has 3 rings (SSSR count). The van der Waals surface area contributed by atoms with E-state index in [0.717, 1.165) is 24.1 Å². The molecule has 2 N–H and O–H groups in total. The monoisotopic (exact) mass is 371 g/mol. The van der Waals surface area contributed by atoms with Gasteiger partial charge in [-0.1, -0.05) is 50.8 Å². The van der Waals surface area contributed by atoms with Crippen molar-refractivity contribution in [3.63, 3.8) is 0 Å². The van der Waals surface area contributed by atoms with Gasteiger partial charge >= 0.3 is 0 Å². The molecule has 0 bridgehead atoms. The number of anilines is 2. The minimum absolute atomic E-state index is 0.0117. The molecule has 1 aliphatic carbocycles. The van der Waals surface area contributed by atoms with Crippen LogP contribution in [0.3, 0.4) is 0 Å². The maximum absolute atomic E-state index is 12.8. The van der Waals surface area contributed by atoms with Crippen molar-refractivity contribution in [3.8, 4) is 0 Å². The summed E-state index contributed by atoms with van der Waals surface area (Å²) in [4.78, 5) is 17.2. The van der Waals surface area contributed by atoms with Crippen LogP contribution in [0.2, 0.25) is 5.02 Å². The van der Waals surface area contributed by atoms with Crippen molar-refractivity contribution in [1.29, 1.82) is 0 Å². The minimum atomic E-state index is -0.0117. The van der Waals surface area contributed by atoms with E-state index >= 15 is 0 Å². The number of benzene rings is 1. The van der Waals surface area contributed by atoms with Crippen LogP contribution in [-0.4, -0.2) is 16.9 Å². The fourth-order valence-corrected chi connectivity index (χ4v) is 3.62. The van der Waals surface area contributed by atoms with Gasteiger partial charge in [-0.05, 0) is 48.6 Å². The van der Waals surface area contributed by atoms with Crippen LogP contribution in [-0.2, 0) is 0 Å². The number of nitrogens with zero attached hydrogens (tertiary/aromatic N) is 1. The molecule has 1 fully saturated rings. The molecule has 1 aromatic carbocycles. The zero-order valence-electron chi connectivity index (χ0n) is 15.4. The van der Waals surface area contributed by atoms with Crippen molar-refractivity contribution in [1.82, 2.24) is 10.3 Å². The Balaban J connectivity index is 1.78. The van der Waals surface area contributed by atoms with Crippen molar-refractivity contribution in [2.24, 2.45) is 0 Å². The third-order valence-corrected chi connectivity index (χ3v) is 5.08. The van der Waals surface area contributed by atoms with Crippen molar-refractivity contribution < 1.29 is 4.79 Å². The Labute approximate surface area is 160 Å². The number of carbonyl (C=O) groups excluding carboxylic acids is 1. The highest BCUT2D eigenvalue weighted by atomic mass is 35.5. The largest absolute Gasteiger partial charge is 0.349 e. The maximum Gasteiger partial charge on any atom is 0.253 e. The normalized spacial score (nSPS) is 15.1. The van der Waals surface area contributed by atoms with Crippen LogP contribution in [0.25, 0.3) is 0 Å². The third kappa shape index (κ3) is 4.76. The van der Waals surface area contributed by atoms with E-state index in [4.69, 9.17) is 11.6 Å². The number of amides is 1. The number of hydrogen-bond acceptors (Lipinski definition) is 3. The van der Waals surface area contributed by atoms with Crippen molar-refractivity contribution in [2.75, 3.05) is 5.32 Å². The highest BCUT2D eigenvalue weighted by Crippen LogP contribution is 2.25. The summed E-state index contributed by atoms with van der Waals surface area (Å²) >= 11 is 6.04. The minimum Gasteiger partial charge on any atom is -0.349 e. The second-order valence-electron chi connectivity index (χ2n) is 7.26. The predicted molar refractivity (Wildman–Crippen MR) is 107 cm³/mol. The van der Waals surface area contributed by atoms with Crippen LogP contribution in [0.5, 0.6) is 0 Å². The van der Waals surface area contributed by atoms with E-state index in [-0.39, 0.29) is 11.8 Å². The Morgan fingerprint density at radius 2 is 1.96 bits per heavy atom. The number of hydrogen-bond donors (Lipinski definition) is 2. The quantitative estimate of drug-likeness (QED) is 0.712. The average Bonchev–Trinajstić information content (AvgIpc) is 2.62. The second kappa shape index (κ2) is 8.54. The molecular weight excluding hydrogens is 346 g/mol. The van der Waals surface area contributed by atoms with E-state index in [0.29, 0.717) is 22.4 Å². The van der Waals surface area contributed by atoms with Gasteiger partial charge in [-0.2, -0.15) is 0 Å². The van der Waals surface area contributed by atoms with Crippen LogP contribution in [0.15, 0.2) is 36.5 Å². The van der Waals surface area contributed by atoms with E-state index in [2.05, 4.69) is 29.5 Å². The molecule has 0 aliphatic heterocycles. The lowest BCUT2D eigenvalue weighted by atomic mass is 9.94. The van der Waals surface area contributed by atoms with Gasteiger partial charge in [0, 0.05) is 22.9 Å². The fourth-order valence-electron chi connectivity index (χ4n) is 3.43. The Bertz CT molecular complexity index is 770. The summed E-state index contributed by atoms with van der Waals surface area (Å²) in [6.45, 7) is 4.19. The predicted octanol–water partition coefficient (Wildman–Crippen LogP) is 5.66. The SMILES string of the molecule is CC(C)c1cc(Nc2cccc(Cl)c2)ncc1C(=O)NC1CCCCC1. The summed E-state index contributed by atoms with van der Waals surface area (Å²) in [6, 6.07) is 9.76. The number of pyridine rings is 1. The van der Waals surface area contributed by atoms with Gasteiger partial charge < -0.3 is 10.6 Å². The number of nitrogens with one attached hydrogen (secondary N) is 2. The van der Waals surface area contributed by atoms with Gasteiger partial charge in [-0.15, -0.1) is 0 Å². The molecule has 2 aromatic rings. The first-order chi connectivity index (χ1) is 12.5. The fraction of sp³-hybridized carbons (Fsp3) is 0.429. The van der Waals surface area contributed by atoms with E-state index in [1.54, 1.807) is 6.20 Å². The first-order valence-electron chi connectivity index (χ1n) is 9.36. The Kier molecular flexibility index (Phi) is 6.15. The first kappa shape index (κ1) is 18.7. The molecule has 1 heterocycles. The molecule has 0 saturated heterocycles. The Hall–Kier alpha value is -2.07. The number of carbonyl (C=O) groups is 1. The van der Waals surface area contributed by atoms with Crippen LogP contribution in [0.1, 0.15) is 67.8 Å². The highest BCUT2D eigenvalue weighted by Gasteiger charge is 2.20. The molecule has 0 unspecified atom stereocenters. The third-order valence-electron chi connectivity index (χ3n) is 4.84. The first-order valence-corrected chi connectivity index (χ1v) is 9.74. The van der Waals surface area contributed by atoms with E-state index in [9.17, 15) is 4.79 Å². The molecule has 1 aromatic heterocycles. The topological polar surface area (TPSA) is 54.0 Å². The molecule has 5 heteroatoms. The van der Waals surface area contributed by atoms with Crippen molar-refractivity contribution in [2.45, 2.75) is 57.9 Å². The lowest BCUT2D eigenvalue weighted by Gasteiger charge is -2.23. The highest BCUT2D eigenvalue weighted by molar-refractivity contribution is 6.30. The summed E-state index contributed by atoms with van der Waals surface area (Å²) < 4.78 is 0. The molecule has 138 valence electrons. The number of aromatic nitrogens is 1. The van der Waals surface area contributed by atoms with Gasteiger partial charge in [0.1, 0.15) is 5.82 Å². The smallest absolute Gasteiger partial charge is 0.253 e. The number of rotatable bonds is 5. The molecule has 26 heavy (non-hydrogen) atoms. The van der Waals surface area contributed by atoms with Crippen LogP contribution < -0.4 is 10.6 Å². The molecule has 1 aliphatic rings. The average molecular weight is 372 g/mol. The zero-order valence-corrected chi connectivity index (χ0v) is 16.1. The van der Waals surface area contributed by atoms with Gasteiger partial charge in [0.2, 0.25) is 0 Å². The van der Waals surface area contributed by atoms with Gasteiger partial charge in [0.05, 0.1) is 5.56 Å². The second-order valence-corrected chi connectivity index (χ2v) is 7.69. The zero-order chi connectivity index (χ0) is 18.5. The molecular formula is C21H26ClN3O. The van der Waals surface area contributed by atoms with E-state index in [1.807, 2.05) is 30.3 Å². The van der Waals surface area contributed by atoms with Crippen LogP contribution >= 0.6 is 11.6 Å². The standard InChI is InChI=1S/C21H26ClN3O/c1-14(2)18-12-20(24-17-10-6-7-15(22)11-17)23-13-19(18)21(26)25-16-8-4-3-5-9-16/h6-7,10-14,16H,3-5,8-9H2,1-2H3,(H,23,24)(H,25,26). The van der Waals surface area contributed by atoms with Crippen molar-refractivity contribution >= 4 is 29.0 Å². The summed E-state index contributed by atoms with van der Waals surface area (Å²) in [5.41, 5.74) is 2.54. The summed E-state index contributed by atoms with van der Waals surface area (Å²) in [5.74, 6) is 0.928. The van der Waals surface area contributed by atoms with Crippen LogP contribution in [0, 0.1) is 0 Å².